The molecule has 5 nitrogen and oxygen atoms in total. The zero-order valence-corrected chi connectivity index (χ0v) is 9.07. The van der Waals surface area contributed by atoms with E-state index in [1.807, 2.05) is 18.2 Å². The Balaban J connectivity index is 2.66. The Hall–Kier alpha value is -1.88. The quantitative estimate of drug-likeness (QED) is 0.473. The zero-order chi connectivity index (χ0) is 12.1. The third-order valence-corrected chi connectivity index (χ3v) is 2.24. The van der Waals surface area contributed by atoms with Crippen molar-refractivity contribution in [3.63, 3.8) is 0 Å². The monoisotopic (exact) mass is 221 g/mol. The average molecular weight is 221 g/mol. The molecular weight excluding hydrogens is 206 g/mol. The van der Waals surface area contributed by atoms with Gasteiger partial charge in [-0.25, -0.2) is 0 Å². The number of rotatable bonds is 5. The summed E-state index contributed by atoms with van der Waals surface area (Å²) in [5.74, 6) is -0.982. The van der Waals surface area contributed by atoms with Crippen LogP contribution in [0, 0.1) is 0 Å². The van der Waals surface area contributed by atoms with E-state index >= 15 is 0 Å². The Morgan fingerprint density at radius 3 is 2.50 bits per heavy atom. The van der Waals surface area contributed by atoms with Crippen molar-refractivity contribution in [1.82, 2.24) is 5.32 Å². The molecular formula is C11H15N3O2. The Morgan fingerprint density at radius 2 is 2.00 bits per heavy atom. The van der Waals surface area contributed by atoms with Crippen molar-refractivity contribution in [1.29, 1.82) is 0 Å². The van der Waals surface area contributed by atoms with Crippen molar-refractivity contribution in [2.45, 2.75) is 19.5 Å². The first kappa shape index (κ1) is 12.2. The highest BCUT2D eigenvalue weighted by atomic mass is 16.2. The summed E-state index contributed by atoms with van der Waals surface area (Å²) in [5, 5.41) is 2.77. The van der Waals surface area contributed by atoms with Gasteiger partial charge in [0.05, 0.1) is 0 Å². The van der Waals surface area contributed by atoms with Crippen molar-refractivity contribution in [2.75, 3.05) is 5.73 Å². The maximum atomic E-state index is 11.1. The summed E-state index contributed by atoms with van der Waals surface area (Å²) < 4.78 is 0. The molecule has 0 aliphatic rings. The van der Waals surface area contributed by atoms with Crippen LogP contribution in [0.2, 0.25) is 0 Å². The number of hydrogen-bond donors (Lipinski definition) is 3. The van der Waals surface area contributed by atoms with Crippen LogP contribution in [-0.2, 0) is 16.1 Å². The first-order valence-corrected chi connectivity index (χ1v) is 4.89. The largest absolute Gasteiger partial charge is 0.398 e. The van der Waals surface area contributed by atoms with Gasteiger partial charge < -0.3 is 11.5 Å². The Bertz CT molecular complexity index is 390. The molecule has 1 unspecified atom stereocenters. The van der Waals surface area contributed by atoms with Crippen LogP contribution in [-0.4, -0.2) is 17.7 Å². The number of primary amides is 1. The van der Waals surface area contributed by atoms with Gasteiger partial charge in [-0.1, -0.05) is 18.2 Å². The molecule has 1 atom stereocenters. The molecule has 16 heavy (non-hydrogen) atoms. The van der Waals surface area contributed by atoms with Crippen LogP contribution in [0.3, 0.4) is 0 Å². The van der Waals surface area contributed by atoms with Gasteiger partial charge in [-0.2, -0.15) is 0 Å². The molecule has 0 saturated heterocycles. The summed E-state index contributed by atoms with van der Waals surface area (Å²) in [5.41, 5.74) is 12.2. The van der Waals surface area contributed by atoms with Crippen LogP contribution < -0.4 is 16.8 Å². The molecule has 0 fully saturated rings. The van der Waals surface area contributed by atoms with E-state index in [9.17, 15) is 9.59 Å². The van der Waals surface area contributed by atoms with Gasteiger partial charge in [-0.3, -0.25) is 14.9 Å². The number of ketones is 1. The second-order valence-corrected chi connectivity index (χ2v) is 3.53. The summed E-state index contributed by atoms with van der Waals surface area (Å²) in [4.78, 5) is 22.1. The van der Waals surface area contributed by atoms with E-state index in [2.05, 4.69) is 5.32 Å². The minimum absolute atomic E-state index is 0.304. The number of para-hydroxylation sites is 1. The number of hydrogen-bond acceptors (Lipinski definition) is 4. The van der Waals surface area contributed by atoms with Crippen LogP contribution in [0.5, 0.6) is 0 Å². The fraction of sp³-hybridized carbons (Fsp3) is 0.273. The molecule has 5 heteroatoms. The molecule has 5 N–H and O–H groups in total. The van der Waals surface area contributed by atoms with E-state index < -0.39 is 11.9 Å². The van der Waals surface area contributed by atoms with Crippen molar-refractivity contribution >= 4 is 17.4 Å². The molecule has 86 valence electrons. The third-order valence-electron chi connectivity index (χ3n) is 2.24. The van der Waals surface area contributed by atoms with Gasteiger partial charge in [-0.15, -0.1) is 0 Å². The molecule has 1 aromatic rings. The molecule has 0 bridgehead atoms. The smallest absolute Gasteiger partial charge is 0.242 e. The number of amides is 1. The predicted octanol–water partition coefficient (Wildman–Crippen LogP) is -0.199. The van der Waals surface area contributed by atoms with Crippen LogP contribution in [0.25, 0.3) is 0 Å². The fourth-order valence-electron chi connectivity index (χ4n) is 1.35. The SMILES string of the molecule is CC(=O)C(NCc1ccccc1N)C(N)=O. The highest BCUT2D eigenvalue weighted by molar-refractivity contribution is 6.03. The lowest BCUT2D eigenvalue weighted by Gasteiger charge is -2.13. The maximum Gasteiger partial charge on any atom is 0.242 e. The predicted molar refractivity (Wildman–Crippen MR) is 61.4 cm³/mol. The van der Waals surface area contributed by atoms with E-state index in [4.69, 9.17) is 11.5 Å². The highest BCUT2D eigenvalue weighted by Gasteiger charge is 2.19. The Morgan fingerprint density at radius 1 is 1.38 bits per heavy atom. The number of anilines is 1. The summed E-state index contributed by atoms with van der Waals surface area (Å²) in [6.45, 7) is 1.65. The van der Waals surface area contributed by atoms with Gasteiger partial charge in [0.1, 0.15) is 6.04 Å². The molecule has 0 aliphatic carbocycles. The number of Topliss-reactive ketones (excluding diaryl/α,β-unsaturated/α-hetero) is 1. The summed E-state index contributed by atoms with van der Waals surface area (Å²) in [7, 11) is 0. The standard InChI is InChI=1S/C11H15N3O2/c1-7(15)10(11(13)16)14-6-8-4-2-3-5-9(8)12/h2-5,10,14H,6,12H2,1H3,(H2,13,16). The first-order chi connectivity index (χ1) is 7.52. The molecule has 1 rings (SSSR count). The van der Waals surface area contributed by atoms with Crippen molar-refractivity contribution in [2.24, 2.45) is 5.73 Å². The number of carbonyl (C=O) groups excluding carboxylic acids is 2. The van der Waals surface area contributed by atoms with Gasteiger partial charge in [0.25, 0.3) is 0 Å². The number of benzene rings is 1. The van der Waals surface area contributed by atoms with E-state index in [1.54, 1.807) is 6.07 Å². The summed E-state index contributed by atoms with van der Waals surface area (Å²) in [6, 6.07) is 6.26. The Labute approximate surface area is 93.8 Å². The highest BCUT2D eigenvalue weighted by Crippen LogP contribution is 2.09. The topological polar surface area (TPSA) is 98.2 Å². The maximum absolute atomic E-state index is 11.1. The van der Waals surface area contributed by atoms with E-state index in [1.165, 1.54) is 6.92 Å². The third kappa shape index (κ3) is 3.06. The molecule has 0 saturated carbocycles. The van der Waals surface area contributed by atoms with Crippen molar-refractivity contribution in [3.8, 4) is 0 Å². The van der Waals surface area contributed by atoms with Crippen molar-refractivity contribution in [3.05, 3.63) is 29.8 Å². The molecule has 0 aromatic heterocycles. The number of nitrogens with one attached hydrogen (secondary N) is 1. The van der Waals surface area contributed by atoms with Crippen LogP contribution in [0.1, 0.15) is 12.5 Å². The number of nitrogens with two attached hydrogens (primary N) is 2. The van der Waals surface area contributed by atoms with Crippen molar-refractivity contribution < 1.29 is 9.59 Å². The van der Waals surface area contributed by atoms with Crippen LogP contribution in [0.4, 0.5) is 5.69 Å². The minimum atomic E-state index is -0.959. The minimum Gasteiger partial charge on any atom is -0.398 e. The van der Waals surface area contributed by atoms with E-state index in [0.717, 1.165) is 5.56 Å². The normalized spacial score (nSPS) is 12.1. The molecule has 0 spiro atoms. The lowest BCUT2D eigenvalue weighted by Crippen LogP contribution is -2.45. The second-order valence-electron chi connectivity index (χ2n) is 3.53. The van der Waals surface area contributed by atoms with Crippen LogP contribution >= 0.6 is 0 Å². The summed E-state index contributed by atoms with van der Waals surface area (Å²) >= 11 is 0. The molecule has 0 aliphatic heterocycles. The first-order valence-electron chi connectivity index (χ1n) is 4.89. The fourth-order valence-corrected chi connectivity index (χ4v) is 1.35. The van der Waals surface area contributed by atoms with Gasteiger partial charge in [-0.05, 0) is 18.6 Å². The summed E-state index contributed by atoms with van der Waals surface area (Å²) in [6.07, 6.45) is 0. The number of nitrogen functional groups attached to an aromatic ring is 1. The van der Waals surface area contributed by atoms with Gasteiger partial charge in [0, 0.05) is 12.2 Å². The molecule has 0 heterocycles. The zero-order valence-electron chi connectivity index (χ0n) is 9.07. The molecule has 0 radical (unpaired) electrons. The number of carbonyl (C=O) groups is 2. The average Bonchev–Trinajstić information content (AvgIpc) is 2.20. The second kappa shape index (κ2) is 5.27. The Kier molecular flexibility index (Phi) is 4.02. The van der Waals surface area contributed by atoms with E-state index in [-0.39, 0.29) is 5.78 Å². The molecule has 1 aromatic carbocycles. The van der Waals surface area contributed by atoms with Crippen LogP contribution in [0.15, 0.2) is 24.3 Å². The van der Waals surface area contributed by atoms with Gasteiger partial charge in [0.15, 0.2) is 5.78 Å². The molecule has 1 amide bonds. The lowest BCUT2D eigenvalue weighted by molar-refractivity contribution is -0.128. The lowest BCUT2D eigenvalue weighted by atomic mass is 10.1. The van der Waals surface area contributed by atoms with E-state index in [0.29, 0.717) is 12.2 Å². The van der Waals surface area contributed by atoms with Gasteiger partial charge >= 0.3 is 0 Å². The van der Waals surface area contributed by atoms with Gasteiger partial charge in [0.2, 0.25) is 5.91 Å².